The molecule has 0 radical (unpaired) electrons. The fourth-order valence-corrected chi connectivity index (χ4v) is 1.59. The minimum atomic E-state index is -4.44. The first kappa shape index (κ1) is 13.2. The van der Waals surface area contributed by atoms with Crippen molar-refractivity contribution >= 4 is 17.2 Å². The Kier molecular flexibility index (Phi) is 3.33. The molecule has 1 heterocycles. The maximum atomic E-state index is 12.6. The van der Waals surface area contributed by atoms with Crippen molar-refractivity contribution in [1.29, 1.82) is 0 Å². The first-order valence-electron chi connectivity index (χ1n) is 5.53. The molecule has 0 atom stereocenters. The molecule has 0 saturated carbocycles. The Balaban J connectivity index is 2.38. The number of hydrogen-bond donors (Lipinski definition) is 2. The molecule has 0 spiro atoms. The van der Waals surface area contributed by atoms with Gasteiger partial charge in [0.05, 0.1) is 11.3 Å². The number of aromatic nitrogens is 1. The Hall–Kier alpha value is -2.24. The van der Waals surface area contributed by atoms with Gasteiger partial charge in [0.1, 0.15) is 5.82 Å². The molecule has 1 aromatic heterocycles. The maximum absolute atomic E-state index is 12.6. The molecule has 0 fully saturated rings. The van der Waals surface area contributed by atoms with Crippen LogP contribution >= 0.6 is 0 Å². The number of nitrogen functional groups attached to an aromatic ring is 1. The SMILES string of the molecule is Cc1ccccc1Nc1cc(C(F)(F)F)cnc1N. The van der Waals surface area contributed by atoms with Gasteiger partial charge in [0, 0.05) is 11.9 Å². The number of nitrogens with zero attached hydrogens (tertiary/aromatic N) is 1. The first-order valence-corrected chi connectivity index (χ1v) is 5.53. The van der Waals surface area contributed by atoms with Gasteiger partial charge in [-0.15, -0.1) is 0 Å². The van der Waals surface area contributed by atoms with E-state index in [9.17, 15) is 13.2 Å². The topological polar surface area (TPSA) is 50.9 Å². The molecular formula is C13H12F3N3. The number of hydrogen-bond acceptors (Lipinski definition) is 3. The summed E-state index contributed by atoms with van der Waals surface area (Å²) in [5.74, 6) is 0.0243. The number of halogens is 3. The smallest absolute Gasteiger partial charge is 0.382 e. The molecule has 0 aliphatic rings. The zero-order valence-corrected chi connectivity index (χ0v) is 10.1. The molecule has 6 heteroatoms. The van der Waals surface area contributed by atoms with E-state index >= 15 is 0 Å². The predicted molar refractivity (Wildman–Crippen MR) is 68.1 cm³/mol. The van der Waals surface area contributed by atoms with E-state index in [1.54, 1.807) is 12.1 Å². The van der Waals surface area contributed by atoms with E-state index in [2.05, 4.69) is 10.3 Å². The number of rotatable bonds is 2. The molecule has 0 bridgehead atoms. The van der Waals surface area contributed by atoms with Crippen LogP contribution in [0.1, 0.15) is 11.1 Å². The predicted octanol–water partition coefficient (Wildman–Crippen LogP) is 3.73. The van der Waals surface area contributed by atoms with E-state index in [0.717, 1.165) is 17.8 Å². The van der Waals surface area contributed by atoms with E-state index < -0.39 is 11.7 Å². The second-order valence-electron chi connectivity index (χ2n) is 4.09. The number of alkyl halides is 3. The second kappa shape index (κ2) is 4.79. The van der Waals surface area contributed by atoms with Crippen LogP contribution in [-0.2, 0) is 6.18 Å². The highest BCUT2D eigenvalue weighted by Crippen LogP contribution is 2.33. The van der Waals surface area contributed by atoms with E-state index in [1.807, 2.05) is 19.1 Å². The zero-order chi connectivity index (χ0) is 14.0. The van der Waals surface area contributed by atoms with Crippen molar-refractivity contribution in [3.8, 4) is 0 Å². The maximum Gasteiger partial charge on any atom is 0.417 e. The molecule has 19 heavy (non-hydrogen) atoms. The molecule has 2 aromatic rings. The molecule has 3 nitrogen and oxygen atoms in total. The number of aryl methyl sites for hydroxylation is 1. The molecule has 0 saturated heterocycles. The van der Waals surface area contributed by atoms with E-state index in [1.165, 1.54) is 0 Å². The van der Waals surface area contributed by atoms with Crippen LogP contribution in [0.5, 0.6) is 0 Å². The summed E-state index contributed by atoms with van der Waals surface area (Å²) in [6.45, 7) is 1.85. The van der Waals surface area contributed by atoms with Crippen molar-refractivity contribution in [1.82, 2.24) is 4.98 Å². The van der Waals surface area contributed by atoms with Gasteiger partial charge in [0.2, 0.25) is 0 Å². The number of pyridine rings is 1. The highest BCUT2D eigenvalue weighted by molar-refractivity contribution is 5.71. The number of anilines is 3. The third-order valence-corrected chi connectivity index (χ3v) is 2.66. The summed E-state index contributed by atoms with van der Waals surface area (Å²) in [6, 6.07) is 8.18. The average molecular weight is 267 g/mol. The molecule has 0 aliphatic carbocycles. The van der Waals surface area contributed by atoms with Crippen LogP contribution in [0.15, 0.2) is 36.5 Å². The second-order valence-corrected chi connectivity index (χ2v) is 4.09. The van der Waals surface area contributed by atoms with Crippen molar-refractivity contribution in [3.05, 3.63) is 47.7 Å². The first-order chi connectivity index (χ1) is 8.88. The summed E-state index contributed by atoms with van der Waals surface area (Å²) in [5, 5.41) is 2.87. The summed E-state index contributed by atoms with van der Waals surface area (Å²) >= 11 is 0. The zero-order valence-electron chi connectivity index (χ0n) is 10.1. The van der Waals surface area contributed by atoms with Crippen LogP contribution in [0.3, 0.4) is 0 Å². The van der Waals surface area contributed by atoms with Gasteiger partial charge in [-0.3, -0.25) is 0 Å². The number of nitrogens with two attached hydrogens (primary N) is 1. The third kappa shape index (κ3) is 2.96. The van der Waals surface area contributed by atoms with Crippen molar-refractivity contribution in [2.75, 3.05) is 11.1 Å². The van der Waals surface area contributed by atoms with Crippen LogP contribution < -0.4 is 11.1 Å². The Bertz CT molecular complexity index is 594. The van der Waals surface area contributed by atoms with Crippen molar-refractivity contribution in [2.24, 2.45) is 0 Å². The van der Waals surface area contributed by atoms with Crippen LogP contribution in [0.25, 0.3) is 0 Å². The fourth-order valence-electron chi connectivity index (χ4n) is 1.59. The monoisotopic (exact) mass is 267 g/mol. The largest absolute Gasteiger partial charge is 0.417 e. The van der Waals surface area contributed by atoms with Gasteiger partial charge in [0.15, 0.2) is 0 Å². The van der Waals surface area contributed by atoms with Crippen LogP contribution in [0.2, 0.25) is 0 Å². The molecule has 3 N–H and O–H groups in total. The number of para-hydroxylation sites is 1. The van der Waals surface area contributed by atoms with Gasteiger partial charge in [-0.2, -0.15) is 13.2 Å². The summed E-state index contributed by atoms with van der Waals surface area (Å²) in [7, 11) is 0. The van der Waals surface area contributed by atoms with Gasteiger partial charge in [-0.25, -0.2) is 4.98 Å². The lowest BCUT2D eigenvalue weighted by molar-refractivity contribution is -0.137. The van der Waals surface area contributed by atoms with Crippen molar-refractivity contribution < 1.29 is 13.2 Å². The molecular weight excluding hydrogens is 255 g/mol. The number of nitrogens with one attached hydrogen (secondary N) is 1. The summed E-state index contributed by atoms with van der Waals surface area (Å²) in [4.78, 5) is 3.57. The molecule has 100 valence electrons. The summed E-state index contributed by atoms with van der Waals surface area (Å²) in [5.41, 5.74) is 6.49. The lowest BCUT2D eigenvalue weighted by atomic mass is 10.2. The van der Waals surface area contributed by atoms with Gasteiger partial charge < -0.3 is 11.1 Å². The van der Waals surface area contributed by atoms with Crippen LogP contribution in [-0.4, -0.2) is 4.98 Å². The van der Waals surface area contributed by atoms with Crippen molar-refractivity contribution in [2.45, 2.75) is 13.1 Å². The molecule has 0 amide bonds. The average Bonchev–Trinajstić information content (AvgIpc) is 2.33. The van der Waals surface area contributed by atoms with Gasteiger partial charge >= 0.3 is 6.18 Å². The highest BCUT2D eigenvalue weighted by atomic mass is 19.4. The Morgan fingerprint density at radius 3 is 2.47 bits per heavy atom. The number of benzene rings is 1. The van der Waals surface area contributed by atoms with Crippen LogP contribution in [0, 0.1) is 6.92 Å². The van der Waals surface area contributed by atoms with Gasteiger partial charge in [-0.05, 0) is 24.6 Å². The fraction of sp³-hybridized carbons (Fsp3) is 0.154. The standard InChI is InChI=1S/C13H12F3N3/c1-8-4-2-3-5-10(8)19-11-6-9(13(14,15)16)7-18-12(11)17/h2-7,19H,1H3,(H2,17,18). The Morgan fingerprint density at radius 2 is 1.84 bits per heavy atom. The molecule has 0 aliphatic heterocycles. The highest BCUT2D eigenvalue weighted by Gasteiger charge is 2.31. The third-order valence-electron chi connectivity index (χ3n) is 2.66. The van der Waals surface area contributed by atoms with Crippen LogP contribution in [0.4, 0.5) is 30.4 Å². The Labute approximate surface area is 108 Å². The van der Waals surface area contributed by atoms with Gasteiger partial charge in [-0.1, -0.05) is 18.2 Å². The van der Waals surface area contributed by atoms with Crippen molar-refractivity contribution in [3.63, 3.8) is 0 Å². The molecule has 0 unspecified atom stereocenters. The Morgan fingerprint density at radius 1 is 1.16 bits per heavy atom. The van der Waals surface area contributed by atoms with E-state index in [-0.39, 0.29) is 11.5 Å². The minimum absolute atomic E-state index is 0.0243. The summed E-state index contributed by atoms with van der Waals surface area (Å²) in [6.07, 6.45) is -3.72. The lowest BCUT2D eigenvalue weighted by Crippen LogP contribution is -2.08. The minimum Gasteiger partial charge on any atom is -0.382 e. The van der Waals surface area contributed by atoms with Gasteiger partial charge in [0.25, 0.3) is 0 Å². The normalized spacial score (nSPS) is 11.4. The lowest BCUT2D eigenvalue weighted by Gasteiger charge is -2.13. The van der Waals surface area contributed by atoms with E-state index in [0.29, 0.717) is 5.69 Å². The quantitative estimate of drug-likeness (QED) is 0.871. The van der Waals surface area contributed by atoms with E-state index in [4.69, 9.17) is 5.73 Å². The summed E-state index contributed by atoms with van der Waals surface area (Å²) < 4.78 is 37.8. The molecule has 1 aromatic carbocycles. The molecule has 2 rings (SSSR count).